The van der Waals surface area contributed by atoms with Gasteiger partial charge in [0.1, 0.15) is 11.4 Å². The Kier molecular flexibility index (Phi) is 4.84. The van der Waals surface area contributed by atoms with Crippen molar-refractivity contribution in [3.63, 3.8) is 0 Å². The molecule has 21 heavy (non-hydrogen) atoms. The van der Waals surface area contributed by atoms with Crippen molar-refractivity contribution in [2.45, 2.75) is 45.6 Å². The van der Waals surface area contributed by atoms with Crippen molar-refractivity contribution in [2.75, 3.05) is 12.4 Å². The Morgan fingerprint density at radius 1 is 1.24 bits per heavy atom. The quantitative estimate of drug-likeness (QED) is 0.918. The second kappa shape index (κ2) is 6.04. The normalized spacial score (nSPS) is 11.5. The summed E-state index contributed by atoms with van der Waals surface area (Å²) >= 11 is 0. The number of carbonyl (C=O) groups excluding carboxylic acids is 1. The molecular formula is C16H22N2O3. The standard InChI is InChI=1S/C16H22N2O3/c1-15(2,3)21-14(19)18-13-8-7-11(20-6)9-12(13)16(4,5)10-17/h7-9H,1-6H3,(H,18,19). The number of rotatable bonds is 3. The molecule has 0 saturated heterocycles. The topological polar surface area (TPSA) is 71.3 Å². The number of amides is 1. The average molecular weight is 290 g/mol. The fourth-order valence-electron chi connectivity index (χ4n) is 1.75. The van der Waals surface area contributed by atoms with Crippen LogP contribution in [0.3, 0.4) is 0 Å². The lowest BCUT2D eigenvalue weighted by Gasteiger charge is -2.23. The number of nitrogens with one attached hydrogen (secondary N) is 1. The minimum atomic E-state index is -0.765. The molecule has 1 aromatic rings. The van der Waals surface area contributed by atoms with Gasteiger partial charge in [0.05, 0.1) is 18.6 Å². The maximum Gasteiger partial charge on any atom is 0.412 e. The zero-order valence-electron chi connectivity index (χ0n) is 13.4. The van der Waals surface area contributed by atoms with Crippen LogP contribution >= 0.6 is 0 Å². The summed E-state index contributed by atoms with van der Waals surface area (Å²) in [4.78, 5) is 11.9. The Morgan fingerprint density at radius 3 is 2.33 bits per heavy atom. The van der Waals surface area contributed by atoms with E-state index in [1.807, 2.05) is 0 Å². The molecule has 0 fully saturated rings. The first-order valence-corrected chi connectivity index (χ1v) is 6.69. The summed E-state index contributed by atoms with van der Waals surface area (Å²) in [7, 11) is 1.56. The highest BCUT2D eigenvalue weighted by atomic mass is 16.6. The summed E-state index contributed by atoms with van der Waals surface area (Å²) in [6, 6.07) is 7.40. The molecule has 1 amide bonds. The molecule has 5 heteroatoms. The van der Waals surface area contributed by atoms with Crippen LogP contribution in [0.25, 0.3) is 0 Å². The smallest absolute Gasteiger partial charge is 0.412 e. The predicted molar refractivity (Wildman–Crippen MR) is 81.5 cm³/mol. The molecule has 0 atom stereocenters. The minimum absolute atomic E-state index is 0.539. The molecule has 0 radical (unpaired) electrons. The fraction of sp³-hybridized carbons (Fsp3) is 0.500. The van der Waals surface area contributed by atoms with Gasteiger partial charge < -0.3 is 9.47 Å². The molecule has 1 aromatic carbocycles. The molecule has 0 aromatic heterocycles. The van der Waals surface area contributed by atoms with E-state index in [1.54, 1.807) is 59.9 Å². The monoisotopic (exact) mass is 290 g/mol. The van der Waals surface area contributed by atoms with E-state index in [2.05, 4.69) is 11.4 Å². The molecule has 0 heterocycles. The van der Waals surface area contributed by atoms with Gasteiger partial charge in [-0.25, -0.2) is 4.79 Å². The predicted octanol–water partition coefficient (Wildman–Crippen LogP) is 3.84. The van der Waals surface area contributed by atoms with Gasteiger partial charge >= 0.3 is 6.09 Å². The molecule has 0 bridgehead atoms. The summed E-state index contributed by atoms with van der Waals surface area (Å²) in [5, 5.41) is 12.0. The molecule has 0 saturated carbocycles. The van der Waals surface area contributed by atoms with Crippen LogP contribution in [0.5, 0.6) is 5.75 Å². The molecular weight excluding hydrogens is 268 g/mol. The van der Waals surface area contributed by atoms with Gasteiger partial charge in [-0.2, -0.15) is 5.26 Å². The highest BCUT2D eigenvalue weighted by Gasteiger charge is 2.26. The number of nitrogens with zero attached hydrogens (tertiary/aromatic N) is 1. The first-order chi connectivity index (χ1) is 9.59. The number of carbonyl (C=O) groups is 1. The van der Waals surface area contributed by atoms with Crippen molar-refractivity contribution in [3.8, 4) is 11.8 Å². The van der Waals surface area contributed by atoms with E-state index in [0.717, 1.165) is 0 Å². The van der Waals surface area contributed by atoms with Gasteiger partial charge in [-0.15, -0.1) is 0 Å². The summed E-state index contributed by atoms with van der Waals surface area (Å²) < 4.78 is 10.4. The van der Waals surface area contributed by atoms with E-state index in [-0.39, 0.29) is 0 Å². The summed E-state index contributed by atoms with van der Waals surface area (Å²) in [6.45, 7) is 8.94. The van der Waals surface area contributed by atoms with Crippen molar-refractivity contribution in [2.24, 2.45) is 0 Å². The van der Waals surface area contributed by atoms with Crippen LogP contribution in [0.4, 0.5) is 10.5 Å². The molecule has 0 aliphatic heterocycles. The van der Waals surface area contributed by atoms with Crippen LogP contribution < -0.4 is 10.1 Å². The van der Waals surface area contributed by atoms with E-state index >= 15 is 0 Å². The van der Waals surface area contributed by atoms with Crippen LogP contribution in [0.2, 0.25) is 0 Å². The third-order valence-electron chi connectivity index (χ3n) is 2.82. The van der Waals surface area contributed by atoms with Crippen molar-refractivity contribution in [1.29, 1.82) is 5.26 Å². The lowest BCUT2D eigenvalue weighted by molar-refractivity contribution is 0.0635. The number of ether oxygens (including phenoxy) is 2. The number of benzene rings is 1. The molecule has 0 spiro atoms. The van der Waals surface area contributed by atoms with Gasteiger partial charge in [-0.05, 0) is 58.4 Å². The van der Waals surface area contributed by atoms with E-state index in [0.29, 0.717) is 17.0 Å². The first-order valence-electron chi connectivity index (χ1n) is 6.69. The zero-order valence-corrected chi connectivity index (χ0v) is 13.4. The lowest BCUT2D eigenvalue weighted by atomic mass is 9.85. The van der Waals surface area contributed by atoms with Crippen molar-refractivity contribution >= 4 is 11.8 Å². The SMILES string of the molecule is COc1ccc(NC(=O)OC(C)(C)C)c(C(C)(C)C#N)c1. The van der Waals surface area contributed by atoms with Crippen molar-refractivity contribution < 1.29 is 14.3 Å². The Morgan fingerprint density at radius 2 is 1.86 bits per heavy atom. The second-order valence-corrected chi connectivity index (χ2v) is 6.28. The maximum absolute atomic E-state index is 11.9. The molecule has 0 aliphatic carbocycles. The number of methoxy groups -OCH3 is 1. The Balaban J connectivity index is 3.13. The highest BCUT2D eigenvalue weighted by Crippen LogP contribution is 2.33. The van der Waals surface area contributed by atoms with Gasteiger partial charge in [0.15, 0.2) is 0 Å². The van der Waals surface area contributed by atoms with E-state index in [4.69, 9.17) is 9.47 Å². The van der Waals surface area contributed by atoms with E-state index < -0.39 is 17.1 Å². The van der Waals surface area contributed by atoms with Crippen LogP contribution in [-0.2, 0) is 10.2 Å². The van der Waals surface area contributed by atoms with Gasteiger partial charge in [0, 0.05) is 5.69 Å². The number of hydrogen-bond donors (Lipinski definition) is 1. The molecule has 0 unspecified atom stereocenters. The first kappa shape index (κ1) is 16.8. The minimum Gasteiger partial charge on any atom is -0.497 e. The molecule has 1 rings (SSSR count). The highest BCUT2D eigenvalue weighted by molar-refractivity contribution is 5.86. The third-order valence-corrected chi connectivity index (χ3v) is 2.82. The largest absolute Gasteiger partial charge is 0.497 e. The van der Waals surface area contributed by atoms with Crippen molar-refractivity contribution in [3.05, 3.63) is 23.8 Å². The van der Waals surface area contributed by atoms with Crippen molar-refractivity contribution in [1.82, 2.24) is 0 Å². The van der Waals surface area contributed by atoms with E-state index in [1.165, 1.54) is 0 Å². The molecule has 1 N–H and O–H groups in total. The fourth-order valence-corrected chi connectivity index (χ4v) is 1.75. The van der Waals surface area contributed by atoms with Crippen LogP contribution in [0.15, 0.2) is 18.2 Å². The Labute approximate surface area is 125 Å². The number of anilines is 1. The molecule has 0 aliphatic rings. The van der Waals surface area contributed by atoms with Gasteiger partial charge in [0.25, 0.3) is 0 Å². The second-order valence-electron chi connectivity index (χ2n) is 6.28. The average Bonchev–Trinajstić information content (AvgIpc) is 2.36. The van der Waals surface area contributed by atoms with E-state index in [9.17, 15) is 10.1 Å². The van der Waals surface area contributed by atoms with Gasteiger partial charge in [-0.1, -0.05) is 0 Å². The maximum atomic E-state index is 11.9. The molecule has 5 nitrogen and oxygen atoms in total. The Bertz CT molecular complexity index is 566. The van der Waals surface area contributed by atoms with Gasteiger partial charge in [-0.3, -0.25) is 5.32 Å². The van der Waals surface area contributed by atoms with Crippen LogP contribution in [0.1, 0.15) is 40.2 Å². The third kappa shape index (κ3) is 4.67. The summed E-state index contributed by atoms with van der Waals surface area (Å²) in [5.41, 5.74) is -0.132. The van der Waals surface area contributed by atoms with Crippen LogP contribution in [0, 0.1) is 11.3 Å². The molecule has 114 valence electrons. The lowest BCUT2D eigenvalue weighted by Crippen LogP contribution is -2.28. The Hall–Kier alpha value is -2.22. The summed E-state index contributed by atoms with van der Waals surface area (Å²) in [6.07, 6.45) is -0.553. The van der Waals surface area contributed by atoms with Gasteiger partial charge in [0.2, 0.25) is 0 Å². The summed E-state index contributed by atoms with van der Waals surface area (Å²) in [5.74, 6) is 0.628. The zero-order chi connectivity index (χ0) is 16.3. The number of nitriles is 1. The number of hydrogen-bond acceptors (Lipinski definition) is 4. The van der Waals surface area contributed by atoms with Crippen LogP contribution in [-0.4, -0.2) is 18.8 Å².